The molecule has 2 atom stereocenters. The summed E-state index contributed by atoms with van der Waals surface area (Å²) < 4.78 is 5.50. The fourth-order valence-electron chi connectivity index (χ4n) is 11.2. The number of nitrogens with one attached hydrogen (secondary N) is 1. The van der Waals surface area contributed by atoms with Crippen LogP contribution in [0, 0.1) is 0 Å². The van der Waals surface area contributed by atoms with Crippen LogP contribution >= 0.6 is 0 Å². The van der Waals surface area contributed by atoms with Crippen molar-refractivity contribution >= 4 is 11.9 Å². The maximum absolute atomic E-state index is 12.5. The van der Waals surface area contributed by atoms with E-state index < -0.39 is 12.1 Å². The Labute approximate surface area is 476 Å². The number of aliphatic hydroxyl groups is 2. The molecule has 0 spiro atoms. The lowest BCUT2D eigenvalue weighted by Crippen LogP contribution is -2.45. The molecule has 2 unspecified atom stereocenters. The summed E-state index contributed by atoms with van der Waals surface area (Å²) in [7, 11) is 0. The molecule has 452 valence electrons. The topological polar surface area (TPSA) is 95.9 Å². The molecule has 0 saturated carbocycles. The number of esters is 1. The molecule has 6 heteroatoms. The number of carbonyl (C=O) groups is 2. The zero-order valence-corrected chi connectivity index (χ0v) is 51.8. The van der Waals surface area contributed by atoms with Crippen molar-refractivity contribution in [2.75, 3.05) is 13.2 Å². The van der Waals surface area contributed by atoms with Gasteiger partial charge in [-0.05, 0) is 51.4 Å². The second-order valence-electron chi connectivity index (χ2n) is 24.2. The molecule has 0 bridgehead atoms. The highest BCUT2D eigenvalue weighted by atomic mass is 16.5. The molecule has 0 heterocycles. The molecule has 0 aromatic rings. The van der Waals surface area contributed by atoms with Crippen molar-refractivity contribution in [1.82, 2.24) is 5.32 Å². The Kier molecular flexibility index (Phi) is 64.9. The van der Waals surface area contributed by atoms with Crippen molar-refractivity contribution in [3.8, 4) is 0 Å². The maximum Gasteiger partial charge on any atom is 0.305 e. The first-order valence-electron chi connectivity index (χ1n) is 34.9. The third kappa shape index (κ3) is 61.8. The molecule has 0 aliphatic rings. The molecule has 0 saturated heterocycles. The van der Waals surface area contributed by atoms with E-state index in [4.69, 9.17) is 4.74 Å². The molecule has 76 heavy (non-hydrogen) atoms. The van der Waals surface area contributed by atoms with Gasteiger partial charge in [-0.1, -0.05) is 347 Å². The standard InChI is InChI=1S/C70H137NO5/c1-3-5-7-9-11-13-15-16-36-40-44-48-52-56-60-64-70(75)76-65-61-57-53-49-45-41-38-35-33-31-29-27-25-23-21-19-17-18-20-22-24-26-28-30-32-34-37-39-43-47-51-55-59-63-69(74)71-67(66-72)68(73)62-58-54-50-46-42-14-12-10-8-6-4-2/h21,23,67-68,72-73H,3-20,22,24-66H2,1-2H3,(H,71,74)/b23-21-. The average Bonchev–Trinajstić information content (AvgIpc) is 3.42. The van der Waals surface area contributed by atoms with Crippen LogP contribution in [0.2, 0.25) is 0 Å². The molecule has 6 nitrogen and oxygen atoms in total. The van der Waals surface area contributed by atoms with Crippen molar-refractivity contribution in [3.05, 3.63) is 12.2 Å². The monoisotopic (exact) mass is 1070 g/mol. The van der Waals surface area contributed by atoms with E-state index in [2.05, 4.69) is 31.3 Å². The Hall–Kier alpha value is -1.40. The number of ether oxygens (including phenoxy) is 1. The number of unbranched alkanes of at least 4 members (excludes halogenated alkanes) is 53. The number of rotatable bonds is 66. The van der Waals surface area contributed by atoms with Crippen LogP contribution in [0.25, 0.3) is 0 Å². The van der Waals surface area contributed by atoms with Crippen molar-refractivity contribution in [3.63, 3.8) is 0 Å². The van der Waals surface area contributed by atoms with Gasteiger partial charge < -0.3 is 20.3 Å². The minimum atomic E-state index is -0.660. The van der Waals surface area contributed by atoms with Gasteiger partial charge in [-0.15, -0.1) is 0 Å². The lowest BCUT2D eigenvalue weighted by atomic mass is 10.0. The first-order valence-corrected chi connectivity index (χ1v) is 34.9. The Bertz CT molecular complexity index is 1140. The van der Waals surface area contributed by atoms with E-state index in [-0.39, 0.29) is 18.5 Å². The summed E-state index contributed by atoms with van der Waals surface area (Å²) in [5.41, 5.74) is 0. The number of amides is 1. The van der Waals surface area contributed by atoms with Gasteiger partial charge in [0.15, 0.2) is 0 Å². The Morgan fingerprint density at radius 1 is 0.355 bits per heavy atom. The van der Waals surface area contributed by atoms with Crippen LogP contribution in [-0.2, 0) is 14.3 Å². The largest absolute Gasteiger partial charge is 0.466 e. The SMILES string of the molecule is CCCCCCCCCCCCCCCCCC(=O)OCCCCCCCCCCCCCC/C=C\CCCCCCCCCCCCCCCCCCCC(=O)NC(CO)C(O)CCCCCCCCCCCCC. The molecule has 0 aliphatic heterocycles. The van der Waals surface area contributed by atoms with E-state index in [1.807, 2.05) is 0 Å². The van der Waals surface area contributed by atoms with Gasteiger partial charge in [0, 0.05) is 12.8 Å². The van der Waals surface area contributed by atoms with Crippen LogP contribution in [0.4, 0.5) is 0 Å². The fraction of sp³-hybridized carbons (Fsp3) is 0.943. The van der Waals surface area contributed by atoms with Crippen LogP contribution in [-0.4, -0.2) is 47.4 Å². The van der Waals surface area contributed by atoms with Crippen molar-refractivity contribution in [2.45, 2.75) is 411 Å². The van der Waals surface area contributed by atoms with Crippen molar-refractivity contribution < 1.29 is 24.5 Å². The predicted octanol–water partition coefficient (Wildman–Crippen LogP) is 22.4. The van der Waals surface area contributed by atoms with Gasteiger partial charge in [0.25, 0.3) is 0 Å². The second-order valence-corrected chi connectivity index (χ2v) is 24.2. The Balaban J connectivity index is 3.31. The Morgan fingerprint density at radius 2 is 0.618 bits per heavy atom. The Morgan fingerprint density at radius 3 is 0.934 bits per heavy atom. The van der Waals surface area contributed by atoms with Crippen LogP contribution in [0.5, 0.6) is 0 Å². The van der Waals surface area contributed by atoms with Gasteiger partial charge in [-0.3, -0.25) is 9.59 Å². The summed E-state index contributed by atoms with van der Waals surface area (Å²) in [5, 5.41) is 23.2. The summed E-state index contributed by atoms with van der Waals surface area (Å²) in [6.45, 7) is 4.98. The van der Waals surface area contributed by atoms with Crippen LogP contribution in [0.1, 0.15) is 399 Å². The minimum absolute atomic E-state index is 0.0224. The van der Waals surface area contributed by atoms with Gasteiger partial charge in [-0.2, -0.15) is 0 Å². The molecule has 1 amide bonds. The zero-order valence-electron chi connectivity index (χ0n) is 51.8. The molecule has 0 aliphatic carbocycles. The lowest BCUT2D eigenvalue weighted by molar-refractivity contribution is -0.143. The molecule has 0 radical (unpaired) electrons. The van der Waals surface area contributed by atoms with E-state index in [1.165, 1.54) is 327 Å². The highest BCUT2D eigenvalue weighted by Gasteiger charge is 2.20. The van der Waals surface area contributed by atoms with Gasteiger partial charge in [0.05, 0.1) is 25.4 Å². The minimum Gasteiger partial charge on any atom is -0.466 e. The van der Waals surface area contributed by atoms with Gasteiger partial charge >= 0.3 is 5.97 Å². The lowest BCUT2D eigenvalue weighted by Gasteiger charge is -2.22. The number of hydrogen-bond donors (Lipinski definition) is 3. The zero-order chi connectivity index (χ0) is 55.0. The second kappa shape index (κ2) is 66.1. The van der Waals surface area contributed by atoms with E-state index in [1.54, 1.807) is 0 Å². The van der Waals surface area contributed by atoms with Crippen LogP contribution in [0.3, 0.4) is 0 Å². The number of allylic oxidation sites excluding steroid dienone is 2. The fourth-order valence-corrected chi connectivity index (χ4v) is 11.2. The van der Waals surface area contributed by atoms with Gasteiger partial charge in [0.1, 0.15) is 0 Å². The normalized spacial score (nSPS) is 12.5. The number of hydrogen-bond acceptors (Lipinski definition) is 5. The molecule has 0 fully saturated rings. The summed E-state index contributed by atoms with van der Waals surface area (Å²) >= 11 is 0. The third-order valence-corrected chi connectivity index (χ3v) is 16.6. The number of aliphatic hydroxyl groups excluding tert-OH is 2. The van der Waals surface area contributed by atoms with E-state index in [0.29, 0.717) is 25.9 Å². The highest BCUT2D eigenvalue weighted by molar-refractivity contribution is 5.76. The average molecular weight is 1070 g/mol. The van der Waals surface area contributed by atoms with E-state index >= 15 is 0 Å². The highest BCUT2D eigenvalue weighted by Crippen LogP contribution is 2.19. The molecular weight excluding hydrogens is 935 g/mol. The molecule has 0 aromatic carbocycles. The first-order chi connectivity index (χ1) is 37.5. The smallest absolute Gasteiger partial charge is 0.305 e. The maximum atomic E-state index is 12.5. The van der Waals surface area contributed by atoms with E-state index in [9.17, 15) is 19.8 Å². The van der Waals surface area contributed by atoms with Gasteiger partial charge in [-0.25, -0.2) is 0 Å². The summed E-state index contributed by atoms with van der Waals surface area (Å²) in [4.78, 5) is 24.5. The van der Waals surface area contributed by atoms with Gasteiger partial charge in [0.2, 0.25) is 5.91 Å². The molecule has 0 aromatic heterocycles. The quantitative estimate of drug-likeness (QED) is 0.0320. The first kappa shape index (κ1) is 74.6. The van der Waals surface area contributed by atoms with Crippen molar-refractivity contribution in [1.29, 1.82) is 0 Å². The van der Waals surface area contributed by atoms with Crippen LogP contribution in [0.15, 0.2) is 12.2 Å². The van der Waals surface area contributed by atoms with Crippen LogP contribution < -0.4 is 5.32 Å². The predicted molar refractivity (Wildman–Crippen MR) is 333 cm³/mol. The summed E-state index contributed by atoms with van der Waals surface area (Å²) in [6.07, 6.45) is 81.3. The molecule has 3 N–H and O–H groups in total. The summed E-state index contributed by atoms with van der Waals surface area (Å²) in [6, 6.07) is -0.537. The third-order valence-electron chi connectivity index (χ3n) is 16.6. The van der Waals surface area contributed by atoms with Crippen molar-refractivity contribution in [2.24, 2.45) is 0 Å². The number of carbonyl (C=O) groups excluding carboxylic acids is 2. The summed E-state index contributed by atoms with van der Waals surface area (Å²) in [5.74, 6) is -0.00830. The molecule has 0 rings (SSSR count). The molecular formula is C70H137NO5. The van der Waals surface area contributed by atoms with E-state index in [0.717, 1.165) is 38.5 Å².